The van der Waals surface area contributed by atoms with E-state index in [2.05, 4.69) is 9.82 Å². The average molecular weight is 595 g/mol. The summed E-state index contributed by atoms with van der Waals surface area (Å²) in [7, 11) is -7.56. The van der Waals surface area contributed by atoms with Crippen LogP contribution in [0.25, 0.3) is 5.00 Å². The van der Waals surface area contributed by atoms with Crippen molar-refractivity contribution in [2.75, 3.05) is 11.2 Å². The number of benzene rings is 1. The molecule has 31 heavy (non-hydrogen) atoms. The van der Waals surface area contributed by atoms with Gasteiger partial charge in [-0.2, -0.15) is 0 Å². The summed E-state index contributed by atoms with van der Waals surface area (Å²) in [4.78, 5) is 14.0. The van der Waals surface area contributed by atoms with Crippen LogP contribution in [0.1, 0.15) is 9.49 Å². The maximum atomic E-state index is 13.1. The van der Waals surface area contributed by atoms with E-state index in [0.29, 0.717) is 5.00 Å². The van der Waals surface area contributed by atoms with Gasteiger partial charge in [-0.1, -0.05) is 0 Å². The molecule has 13 heteroatoms. The van der Waals surface area contributed by atoms with Gasteiger partial charge in [-0.3, -0.25) is 0 Å². The minimum atomic E-state index is -4.12. The number of aromatic nitrogens is 2. The van der Waals surface area contributed by atoms with Crippen molar-refractivity contribution in [3.63, 3.8) is 0 Å². The third kappa shape index (κ3) is 3.92. The molecule has 166 valence electrons. The molecule has 0 aliphatic carbocycles. The van der Waals surface area contributed by atoms with Crippen LogP contribution in [0, 0.1) is 0 Å². The molecule has 9 nitrogen and oxygen atoms in total. The predicted octanol–water partition coefficient (Wildman–Crippen LogP) is 2.29. The molecule has 0 bridgehead atoms. The summed E-state index contributed by atoms with van der Waals surface area (Å²) in [5.41, 5.74) is 0.817. The van der Waals surface area contributed by atoms with Gasteiger partial charge in [0, 0.05) is 0 Å². The van der Waals surface area contributed by atoms with Crippen molar-refractivity contribution in [1.29, 1.82) is 0 Å². The monoisotopic (exact) mass is 595 g/mol. The Labute approximate surface area is 190 Å². The molecule has 1 saturated heterocycles. The van der Waals surface area contributed by atoms with Crippen LogP contribution in [0.5, 0.6) is 0 Å². The van der Waals surface area contributed by atoms with Gasteiger partial charge in [0.25, 0.3) is 0 Å². The Kier molecular flexibility index (Phi) is 5.53. The zero-order valence-electron chi connectivity index (χ0n) is 16.3. The predicted molar refractivity (Wildman–Crippen MR) is 124 cm³/mol. The molecule has 2 aromatic heterocycles. The summed E-state index contributed by atoms with van der Waals surface area (Å²) in [6, 6.07) is 11.9. The first-order valence-electron chi connectivity index (χ1n) is 8.72. The zero-order valence-corrected chi connectivity index (χ0v) is 20.9. The molecule has 0 radical (unpaired) electrons. The van der Waals surface area contributed by atoms with Gasteiger partial charge in [0.15, 0.2) is 0 Å². The van der Waals surface area contributed by atoms with Crippen molar-refractivity contribution in [2.24, 2.45) is 0 Å². The molecule has 4 rings (SSSR count). The number of sulfonamides is 1. The van der Waals surface area contributed by atoms with Crippen LogP contribution in [-0.2, 0) is 24.7 Å². The number of carboxylic acid groups (broad SMARTS) is 1. The Bertz CT molecular complexity index is 1370. The number of sulfone groups is 1. The molecule has 0 spiro atoms. The fourth-order valence-corrected chi connectivity index (χ4v) is 15.0. The first kappa shape index (κ1) is 22.4. The number of carboxylic acids is 1. The van der Waals surface area contributed by atoms with E-state index in [1.807, 2.05) is 23.1 Å². The molecule has 3 aromatic rings. The van der Waals surface area contributed by atoms with E-state index >= 15 is 0 Å². The van der Waals surface area contributed by atoms with E-state index < -0.39 is 49.2 Å². The minimum absolute atomic E-state index is 0.0116. The average Bonchev–Trinajstić information content (AvgIpc) is 3.13. The van der Waals surface area contributed by atoms with Gasteiger partial charge in [-0.25, -0.2) is 0 Å². The van der Waals surface area contributed by atoms with E-state index in [0.717, 1.165) is 23.2 Å². The topological polar surface area (TPSA) is 135 Å². The molecule has 0 saturated carbocycles. The van der Waals surface area contributed by atoms with E-state index in [1.165, 1.54) is 29.2 Å². The number of hydrogen-bond donors (Lipinski definition) is 2. The van der Waals surface area contributed by atoms with Gasteiger partial charge in [0.05, 0.1) is 0 Å². The fourth-order valence-electron chi connectivity index (χ4n) is 3.22. The first-order valence-corrected chi connectivity index (χ1v) is 17.4. The van der Waals surface area contributed by atoms with Gasteiger partial charge in [0.1, 0.15) is 0 Å². The molecule has 1 fully saturated rings. The third-order valence-corrected chi connectivity index (χ3v) is 16.2. The maximum absolute atomic E-state index is 13.1. The molecule has 0 amide bonds. The molecule has 2 atom stereocenters. The number of thiophene rings is 1. The van der Waals surface area contributed by atoms with Gasteiger partial charge in [-0.15, -0.1) is 0 Å². The van der Waals surface area contributed by atoms with Gasteiger partial charge >= 0.3 is 191 Å². The summed E-state index contributed by atoms with van der Waals surface area (Å²) >= 11 is -1.33. The second-order valence-electron chi connectivity index (χ2n) is 6.90. The van der Waals surface area contributed by atoms with Crippen LogP contribution in [0.4, 0.5) is 0 Å². The fraction of sp³-hybridized carbons (Fsp3) is 0.222. The van der Waals surface area contributed by atoms with Crippen LogP contribution in [0.2, 0.25) is 0 Å². The first-order chi connectivity index (χ1) is 14.5. The van der Waals surface area contributed by atoms with Crippen molar-refractivity contribution in [2.45, 2.75) is 16.6 Å². The number of rotatable bonds is 7. The van der Waals surface area contributed by atoms with E-state index in [1.54, 1.807) is 12.1 Å². The van der Waals surface area contributed by atoms with E-state index in [-0.39, 0.29) is 13.0 Å². The summed E-state index contributed by atoms with van der Waals surface area (Å²) in [6.07, 6.45) is 3.54. The number of carbonyl (C=O) groups is 1. The Hall–Kier alpha value is -1.81. The quantitative estimate of drug-likeness (QED) is 0.243. The third-order valence-electron chi connectivity index (χ3n) is 4.83. The summed E-state index contributed by atoms with van der Waals surface area (Å²) in [5.74, 6) is -1.17. The number of halogens is 1. The number of nitrogens with one attached hydrogen (secondary N) is 1. The Balaban J connectivity index is 1.64. The molecule has 3 heterocycles. The van der Waals surface area contributed by atoms with Gasteiger partial charge in [0.2, 0.25) is 0 Å². The number of hydrogen-bond acceptors (Lipinski definition) is 7. The Morgan fingerprint density at radius 2 is 1.87 bits per heavy atom. The van der Waals surface area contributed by atoms with Crippen LogP contribution < -0.4 is 4.72 Å². The standard InChI is InChI=1S/C18H18IN3O6S3/c1-19-16(12-6-4-3-5-7-12)18(19,17(23)24)21-31(27,28)15-9-8-14(29-15)22-11-13(10-20-22)30(2,25)26/h3-11,16,21H,1-2H3,(H,23,24)/t16-,18+/m1/s1. The molecule has 1 aliphatic heterocycles. The summed E-state index contributed by atoms with van der Waals surface area (Å²) in [6.45, 7) is 0. The SMILES string of the molecule is CI1[C@H](c2ccccc2)[C@]1(NS(=O)(=O)c1ccc(-n2cc(S(C)(=O)=O)cn2)s1)C(=O)O. The zero-order chi connectivity index (χ0) is 22.6. The molecule has 0 unspecified atom stereocenters. The van der Waals surface area contributed by atoms with Crippen LogP contribution in [0.3, 0.4) is 0 Å². The Morgan fingerprint density at radius 3 is 2.45 bits per heavy atom. The van der Waals surface area contributed by atoms with Gasteiger partial charge in [-0.05, 0) is 0 Å². The van der Waals surface area contributed by atoms with Crippen molar-refractivity contribution < 1.29 is 26.7 Å². The number of nitrogens with zero attached hydrogens (tertiary/aromatic N) is 2. The van der Waals surface area contributed by atoms with Crippen LogP contribution in [0.15, 0.2) is 64.0 Å². The van der Waals surface area contributed by atoms with Crippen molar-refractivity contribution in [3.8, 4) is 5.00 Å². The number of alkyl halides is 3. The molecule has 1 aliphatic rings. The van der Waals surface area contributed by atoms with Crippen molar-refractivity contribution in [3.05, 3.63) is 60.4 Å². The normalized spacial score (nSPS) is 22.4. The molecule has 2 N–H and O–H groups in total. The molecular weight excluding hydrogens is 577 g/mol. The summed E-state index contributed by atoms with van der Waals surface area (Å²) < 4.78 is 51.3. The van der Waals surface area contributed by atoms with Crippen LogP contribution in [-0.4, -0.2) is 52.4 Å². The van der Waals surface area contributed by atoms with Crippen molar-refractivity contribution in [1.82, 2.24) is 14.5 Å². The Morgan fingerprint density at radius 1 is 1.19 bits per heavy atom. The second kappa shape index (κ2) is 7.65. The second-order valence-corrected chi connectivity index (χ2v) is 17.8. The molecule has 1 aromatic carbocycles. The number of aliphatic carboxylic acids is 1. The van der Waals surface area contributed by atoms with Crippen molar-refractivity contribution >= 4 is 57.0 Å². The molecular formula is C18H18IN3O6S3. The summed E-state index contributed by atoms with van der Waals surface area (Å²) in [5, 5.41) is 14.3. The van der Waals surface area contributed by atoms with E-state index in [9.17, 15) is 26.7 Å². The van der Waals surface area contributed by atoms with E-state index in [4.69, 9.17) is 0 Å². The van der Waals surface area contributed by atoms with Gasteiger partial charge < -0.3 is 0 Å². The van der Waals surface area contributed by atoms with Crippen LogP contribution >= 0.6 is 31.2 Å².